The van der Waals surface area contributed by atoms with E-state index in [-0.39, 0.29) is 0 Å². The molecule has 0 aliphatic heterocycles. The first kappa shape index (κ1) is 30.3. The number of para-hydroxylation sites is 2. The Morgan fingerprint density at radius 3 is 1.96 bits per heavy atom. The molecule has 0 bridgehead atoms. The lowest BCUT2D eigenvalue weighted by Gasteiger charge is -2.21. The lowest BCUT2D eigenvalue weighted by Crippen LogP contribution is -2.04. The summed E-state index contributed by atoms with van der Waals surface area (Å²) in [5, 5.41) is 15.3. The third-order valence-corrected chi connectivity index (χ3v) is 8.93. The molecule has 50 heavy (non-hydrogen) atoms. The molecule has 236 valence electrons. The van der Waals surface area contributed by atoms with E-state index < -0.39 is 0 Å². The molecule has 8 aromatic rings. The first-order valence-electron chi connectivity index (χ1n) is 16.4. The van der Waals surface area contributed by atoms with Crippen molar-refractivity contribution in [2.75, 3.05) is 5.32 Å². The molecule has 0 radical (unpaired) electrons. The van der Waals surface area contributed by atoms with Gasteiger partial charge in [-0.25, -0.2) is 9.97 Å². The molecule has 0 fully saturated rings. The second kappa shape index (κ2) is 12.9. The number of benzene rings is 6. The van der Waals surface area contributed by atoms with Gasteiger partial charge in [0.1, 0.15) is 0 Å². The molecule has 0 saturated heterocycles. The maximum absolute atomic E-state index is 9.79. The first-order valence-corrected chi connectivity index (χ1v) is 16.4. The Kier molecular flexibility index (Phi) is 7.81. The number of hydrogen-bond donors (Lipinski definition) is 1. The van der Waals surface area contributed by atoms with E-state index in [0.29, 0.717) is 17.1 Å². The predicted molar refractivity (Wildman–Crippen MR) is 206 cm³/mol. The molecule has 0 amide bonds. The molecule has 0 aliphatic rings. The van der Waals surface area contributed by atoms with Crippen LogP contribution in [-0.2, 0) is 0 Å². The summed E-state index contributed by atoms with van der Waals surface area (Å²) in [7, 11) is 0. The molecular formula is C45H31N5. The highest BCUT2D eigenvalue weighted by Gasteiger charge is 2.23. The van der Waals surface area contributed by atoms with Crippen molar-refractivity contribution in [1.29, 1.82) is 5.26 Å². The smallest absolute Gasteiger partial charge is 0.161 e. The zero-order chi connectivity index (χ0) is 34.0. The molecule has 5 heteroatoms. The van der Waals surface area contributed by atoms with E-state index in [1.54, 1.807) is 6.08 Å². The lowest BCUT2D eigenvalue weighted by atomic mass is 9.94. The molecule has 2 aromatic heterocycles. The largest absolute Gasteiger partial charge is 0.356 e. The molecule has 2 heterocycles. The van der Waals surface area contributed by atoms with Gasteiger partial charge < -0.3 is 9.88 Å². The van der Waals surface area contributed by atoms with Gasteiger partial charge in [0.05, 0.1) is 39.7 Å². The van der Waals surface area contributed by atoms with E-state index in [1.807, 2.05) is 78.9 Å². The Hall–Kier alpha value is -7.03. The van der Waals surface area contributed by atoms with Gasteiger partial charge >= 0.3 is 0 Å². The molecule has 0 saturated carbocycles. The molecule has 5 nitrogen and oxygen atoms in total. The van der Waals surface area contributed by atoms with E-state index >= 15 is 0 Å². The number of nitriles is 1. The SMILES string of the molecule is C=CC(=C)Nc1ccccc1-c1c(-c2nc(-c3ccccc3)cc(-c3ccccc3)n2)cccc1-n1c2ccccc2c2cc(C#N)ccc21. The molecule has 0 atom stereocenters. The van der Waals surface area contributed by atoms with Crippen molar-refractivity contribution in [3.63, 3.8) is 0 Å². The van der Waals surface area contributed by atoms with Crippen LogP contribution in [0.1, 0.15) is 5.56 Å². The molecule has 1 N–H and O–H groups in total. The van der Waals surface area contributed by atoms with Crippen LogP contribution in [0.4, 0.5) is 5.69 Å². The van der Waals surface area contributed by atoms with Crippen LogP contribution in [0.25, 0.3) is 72.5 Å². The Labute approximate surface area is 290 Å². The number of rotatable bonds is 8. The first-order chi connectivity index (χ1) is 24.6. The molecule has 0 aliphatic carbocycles. The molecule has 0 spiro atoms. The topological polar surface area (TPSA) is 66.5 Å². The van der Waals surface area contributed by atoms with E-state index in [4.69, 9.17) is 9.97 Å². The average Bonchev–Trinajstić information content (AvgIpc) is 3.51. The summed E-state index contributed by atoms with van der Waals surface area (Å²) in [5.41, 5.74) is 11.6. The molecule has 0 unspecified atom stereocenters. The van der Waals surface area contributed by atoms with Crippen LogP contribution in [0, 0.1) is 11.3 Å². The second-order valence-electron chi connectivity index (χ2n) is 12.0. The van der Waals surface area contributed by atoms with Gasteiger partial charge in [0.2, 0.25) is 0 Å². The van der Waals surface area contributed by atoms with Gasteiger partial charge in [-0.15, -0.1) is 0 Å². The number of aromatic nitrogens is 3. The summed E-state index contributed by atoms with van der Waals surface area (Å²) < 4.78 is 2.28. The number of anilines is 1. The summed E-state index contributed by atoms with van der Waals surface area (Å²) in [6.45, 7) is 8.09. The van der Waals surface area contributed by atoms with Crippen LogP contribution in [0.5, 0.6) is 0 Å². The number of hydrogen-bond acceptors (Lipinski definition) is 4. The Bertz CT molecular complexity index is 2550. The molecule has 8 rings (SSSR count). The normalized spacial score (nSPS) is 10.9. The zero-order valence-electron chi connectivity index (χ0n) is 27.2. The second-order valence-corrected chi connectivity index (χ2v) is 12.0. The van der Waals surface area contributed by atoms with E-state index in [1.165, 1.54) is 0 Å². The van der Waals surface area contributed by atoms with Crippen LogP contribution < -0.4 is 5.32 Å². The van der Waals surface area contributed by atoms with Gasteiger partial charge in [0.15, 0.2) is 5.82 Å². The monoisotopic (exact) mass is 641 g/mol. The van der Waals surface area contributed by atoms with Crippen molar-refractivity contribution < 1.29 is 0 Å². The van der Waals surface area contributed by atoms with Gasteiger partial charge in [-0.05, 0) is 48.5 Å². The van der Waals surface area contributed by atoms with Crippen molar-refractivity contribution in [1.82, 2.24) is 14.5 Å². The van der Waals surface area contributed by atoms with Gasteiger partial charge in [-0.1, -0.05) is 122 Å². The Balaban J connectivity index is 1.49. The van der Waals surface area contributed by atoms with Gasteiger partial charge in [0, 0.05) is 50.0 Å². The number of nitrogens with one attached hydrogen (secondary N) is 1. The van der Waals surface area contributed by atoms with Crippen LogP contribution in [-0.4, -0.2) is 14.5 Å². The van der Waals surface area contributed by atoms with Crippen molar-refractivity contribution in [3.8, 4) is 56.8 Å². The summed E-state index contributed by atoms with van der Waals surface area (Å²) in [5.74, 6) is 0.604. The lowest BCUT2D eigenvalue weighted by molar-refractivity contribution is 1.16. The van der Waals surface area contributed by atoms with Crippen LogP contribution >= 0.6 is 0 Å². The molecule has 6 aromatic carbocycles. The highest BCUT2D eigenvalue weighted by molar-refractivity contribution is 6.10. The van der Waals surface area contributed by atoms with E-state index in [0.717, 1.165) is 72.4 Å². The minimum Gasteiger partial charge on any atom is -0.356 e. The maximum atomic E-state index is 9.79. The minimum absolute atomic E-state index is 0.604. The highest BCUT2D eigenvalue weighted by atomic mass is 15.0. The zero-order valence-corrected chi connectivity index (χ0v) is 27.2. The average molecular weight is 642 g/mol. The van der Waals surface area contributed by atoms with Gasteiger partial charge in [0.25, 0.3) is 0 Å². The summed E-state index contributed by atoms with van der Waals surface area (Å²) in [6.07, 6.45) is 1.71. The summed E-state index contributed by atoms with van der Waals surface area (Å²) in [4.78, 5) is 10.5. The van der Waals surface area contributed by atoms with E-state index in [2.05, 4.69) is 102 Å². The third-order valence-electron chi connectivity index (χ3n) is 8.93. The van der Waals surface area contributed by atoms with Gasteiger partial charge in [-0.3, -0.25) is 0 Å². The standard InChI is InChI=1S/C45H31N5/c1-3-30(2)47-38-22-12-10-20-35(38)44-36(45-48-39(32-15-6-4-7-16-32)28-40(49-45)33-17-8-5-9-18-33)21-14-24-43(44)50-41-23-13-11-19-34(41)37-27-31(29-46)25-26-42(37)50/h3-28,47H,1-2H2. The van der Waals surface area contributed by atoms with Crippen molar-refractivity contribution in [2.45, 2.75) is 0 Å². The van der Waals surface area contributed by atoms with Crippen LogP contribution in [0.3, 0.4) is 0 Å². The Morgan fingerprint density at radius 1 is 0.640 bits per heavy atom. The predicted octanol–water partition coefficient (Wildman–Crippen LogP) is 11.2. The number of fused-ring (bicyclic) bond motifs is 3. The van der Waals surface area contributed by atoms with E-state index in [9.17, 15) is 5.26 Å². The number of allylic oxidation sites excluding steroid dienone is 1. The fraction of sp³-hybridized carbons (Fsp3) is 0. The maximum Gasteiger partial charge on any atom is 0.161 e. The van der Waals surface area contributed by atoms with Crippen LogP contribution in [0.15, 0.2) is 177 Å². The summed E-state index contributed by atoms with van der Waals surface area (Å²) >= 11 is 0. The number of nitrogens with zero attached hydrogens (tertiary/aromatic N) is 4. The van der Waals surface area contributed by atoms with Crippen molar-refractivity contribution >= 4 is 27.5 Å². The van der Waals surface area contributed by atoms with Crippen molar-refractivity contribution in [2.24, 2.45) is 0 Å². The fourth-order valence-corrected chi connectivity index (χ4v) is 6.61. The quantitative estimate of drug-likeness (QED) is 0.168. The fourth-order valence-electron chi connectivity index (χ4n) is 6.61. The van der Waals surface area contributed by atoms with Gasteiger partial charge in [-0.2, -0.15) is 5.26 Å². The Morgan fingerprint density at radius 2 is 1.26 bits per heavy atom. The minimum atomic E-state index is 0.604. The van der Waals surface area contributed by atoms with Crippen LogP contribution in [0.2, 0.25) is 0 Å². The third kappa shape index (κ3) is 5.41. The highest BCUT2D eigenvalue weighted by Crippen LogP contribution is 2.43. The molecular weight excluding hydrogens is 611 g/mol. The summed E-state index contributed by atoms with van der Waals surface area (Å²) in [6, 6.07) is 53.5. The van der Waals surface area contributed by atoms with Crippen molar-refractivity contribution in [3.05, 3.63) is 182 Å².